The van der Waals surface area contributed by atoms with Gasteiger partial charge in [-0.2, -0.15) is 0 Å². The van der Waals surface area contributed by atoms with Crippen molar-refractivity contribution < 1.29 is 14.0 Å². The summed E-state index contributed by atoms with van der Waals surface area (Å²) in [4.78, 5) is 0. The molecule has 0 bridgehead atoms. The summed E-state index contributed by atoms with van der Waals surface area (Å²) < 4.78 is 3.73. The van der Waals surface area contributed by atoms with E-state index in [0.29, 0.717) is 23.7 Å². The molecule has 0 aromatic carbocycles. The molecule has 0 fully saturated rings. The first-order chi connectivity index (χ1) is 11.7. The zero-order valence-electron chi connectivity index (χ0n) is 19.9. The molecule has 0 spiro atoms. The molecule has 2 aliphatic rings. The van der Waals surface area contributed by atoms with Crippen molar-refractivity contribution in [2.75, 3.05) is 0 Å². The Bertz CT molecular complexity index is 723. The SMILES string of the molecule is CC(C)C1=CC(C(C)C)=[C]([Ti]([CH3])([CH3])(=[SiH2])[C]2=C(C(C)C)C=C(C(C)C)C2)C1.Cl.Cl. The summed E-state index contributed by atoms with van der Waals surface area (Å²) in [5.41, 5.74) is 6.69. The summed E-state index contributed by atoms with van der Waals surface area (Å²) in [5, 5.41) is 5.42. The van der Waals surface area contributed by atoms with Crippen LogP contribution in [0.15, 0.2) is 42.2 Å². The second-order valence-electron chi connectivity index (χ2n) is 11.0. The average molecular weight is 479 g/mol. The number of halogens is 2. The van der Waals surface area contributed by atoms with E-state index in [0.717, 1.165) is 0 Å². The molecule has 4 heteroatoms. The Morgan fingerprint density at radius 3 is 1.14 bits per heavy atom. The van der Waals surface area contributed by atoms with Gasteiger partial charge in [0, 0.05) is 0 Å². The Balaban J connectivity index is 0.00000364. The molecule has 0 N–H and O–H groups in total. The van der Waals surface area contributed by atoms with E-state index in [-0.39, 0.29) is 24.8 Å². The van der Waals surface area contributed by atoms with Crippen LogP contribution in [0.1, 0.15) is 68.2 Å². The molecular formula is C24H44Cl2SiTi. The first-order valence-electron chi connectivity index (χ1n) is 10.7. The van der Waals surface area contributed by atoms with Gasteiger partial charge in [0.15, 0.2) is 0 Å². The van der Waals surface area contributed by atoms with Crippen molar-refractivity contribution in [3.05, 3.63) is 42.2 Å². The minimum atomic E-state index is -2.91. The van der Waals surface area contributed by atoms with Gasteiger partial charge in [0.25, 0.3) is 0 Å². The summed E-state index contributed by atoms with van der Waals surface area (Å²) in [5.74, 6) is 2.60. The van der Waals surface area contributed by atoms with E-state index in [2.05, 4.69) is 85.6 Å². The molecule has 0 heterocycles. The van der Waals surface area contributed by atoms with Crippen LogP contribution in [0.25, 0.3) is 0 Å². The van der Waals surface area contributed by atoms with Gasteiger partial charge in [-0.25, -0.2) is 0 Å². The second-order valence-corrected chi connectivity index (χ2v) is 30.0. The Kier molecular flexibility index (Phi) is 9.90. The van der Waals surface area contributed by atoms with Crippen molar-refractivity contribution in [2.24, 2.45) is 23.7 Å². The number of hydrogen-bond donors (Lipinski definition) is 0. The third kappa shape index (κ3) is 5.39. The number of allylic oxidation sites excluding steroid dienone is 8. The van der Waals surface area contributed by atoms with Crippen molar-refractivity contribution in [3.63, 3.8) is 0 Å². The van der Waals surface area contributed by atoms with Crippen LogP contribution in [-0.4, -0.2) is 7.63 Å². The molecule has 0 unspecified atom stereocenters. The molecule has 162 valence electrons. The predicted molar refractivity (Wildman–Crippen MR) is 134 cm³/mol. The van der Waals surface area contributed by atoms with Gasteiger partial charge >= 0.3 is 166 Å². The first kappa shape index (κ1) is 28.5. The molecule has 0 radical (unpaired) electrons. The average Bonchev–Trinajstić information content (AvgIpc) is 3.13. The van der Waals surface area contributed by atoms with E-state index in [9.17, 15) is 0 Å². The monoisotopic (exact) mass is 478 g/mol. The van der Waals surface area contributed by atoms with Crippen molar-refractivity contribution in [3.8, 4) is 0 Å². The zero-order chi connectivity index (χ0) is 20.0. The third-order valence-electron chi connectivity index (χ3n) is 6.80. The van der Waals surface area contributed by atoms with Crippen LogP contribution in [0.5, 0.6) is 0 Å². The smallest absolute Gasteiger partial charge is 0.147 e. The van der Waals surface area contributed by atoms with Crippen LogP contribution >= 0.6 is 24.8 Å². The summed E-state index contributed by atoms with van der Waals surface area (Å²) >= 11 is -2.91. The maximum Gasteiger partial charge on any atom is -0.147 e. The van der Waals surface area contributed by atoms with E-state index in [1.54, 1.807) is 22.3 Å². The summed E-state index contributed by atoms with van der Waals surface area (Å²) in [6.45, 7) is 19.0. The van der Waals surface area contributed by atoms with E-state index in [1.165, 1.54) is 12.8 Å². The summed E-state index contributed by atoms with van der Waals surface area (Å²) in [6, 6.07) is 0. The molecule has 0 nitrogen and oxygen atoms in total. The summed E-state index contributed by atoms with van der Waals surface area (Å²) in [6.07, 6.45) is 7.64. The molecule has 28 heavy (non-hydrogen) atoms. The van der Waals surface area contributed by atoms with Crippen LogP contribution in [0, 0.1) is 23.7 Å². The van der Waals surface area contributed by atoms with Crippen LogP contribution in [0.3, 0.4) is 0 Å². The van der Waals surface area contributed by atoms with Gasteiger partial charge < -0.3 is 0 Å². The van der Waals surface area contributed by atoms with E-state index < -0.39 is 14.0 Å². The minimum absolute atomic E-state index is 0. The van der Waals surface area contributed by atoms with Crippen molar-refractivity contribution in [2.45, 2.75) is 78.7 Å². The zero-order valence-corrected chi connectivity index (χ0v) is 24.5. The van der Waals surface area contributed by atoms with Gasteiger partial charge in [0.2, 0.25) is 0 Å². The van der Waals surface area contributed by atoms with Crippen LogP contribution in [-0.2, 0) is 14.0 Å². The number of rotatable bonds is 6. The minimum Gasteiger partial charge on any atom is -0.147 e. The van der Waals surface area contributed by atoms with Crippen molar-refractivity contribution in [1.29, 1.82) is 0 Å². The van der Waals surface area contributed by atoms with Crippen LogP contribution in [0.4, 0.5) is 0 Å². The molecule has 0 aliphatic heterocycles. The second kappa shape index (κ2) is 9.73. The fraction of sp³-hybridized carbons (Fsp3) is 0.667. The predicted octanol–water partition coefficient (Wildman–Crippen LogP) is 7.96. The van der Waals surface area contributed by atoms with Crippen molar-refractivity contribution in [1.82, 2.24) is 0 Å². The maximum atomic E-state index is 2.71. The van der Waals surface area contributed by atoms with Gasteiger partial charge in [-0.3, -0.25) is 0 Å². The molecule has 2 rings (SSSR count). The Morgan fingerprint density at radius 2 is 0.929 bits per heavy atom. The molecule has 0 aromatic heterocycles. The van der Waals surface area contributed by atoms with Crippen LogP contribution < -0.4 is 0 Å². The molecule has 0 saturated heterocycles. The quantitative estimate of drug-likeness (QED) is 0.339. The molecule has 0 saturated carbocycles. The van der Waals surface area contributed by atoms with Crippen LogP contribution in [0.2, 0.25) is 10.5 Å². The van der Waals surface area contributed by atoms with Gasteiger partial charge in [-0.05, 0) is 0 Å². The number of hydrogen-bond acceptors (Lipinski definition) is 0. The van der Waals surface area contributed by atoms with Crippen molar-refractivity contribution >= 4 is 32.4 Å². The molecule has 0 aromatic rings. The van der Waals surface area contributed by atoms with E-state index in [1.807, 2.05) is 7.76 Å². The van der Waals surface area contributed by atoms with E-state index >= 15 is 0 Å². The third-order valence-corrected chi connectivity index (χ3v) is 17.8. The molecule has 0 amide bonds. The maximum absolute atomic E-state index is 2.91. The van der Waals surface area contributed by atoms with E-state index in [4.69, 9.17) is 0 Å². The first-order valence-corrected chi connectivity index (χ1v) is 19.4. The fourth-order valence-electron chi connectivity index (χ4n) is 4.73. The Hall–Kier alpha value is 0.471. The Morgan fingerprint density at radius 1 is 0.643 bits per heavy atom. The molecule has 2 aliphatic carbocycles. The van der Waals surface area contributed by atoms with Gasteiger partial charge in [-0.1, -0.05) is 0 Å². The summed E-state index contributed by atoms with van der Waals surface area (Å²) in [7, 11) is 2.42. The fourth-order valence-corrected chi connectivity index (χ4v) is 14.4. The normalized spacial score (nSPS) is 18.2. The molecule has 0 atom stereocenters. The standard InChI is InChI=1S/2C11H17.2CH3.2ClH.H2Si.Ti/c2*1-8(2)10-5-6-11(7-10)9(3)4;;;;;;/h2*7-9H,5H2,1-4H3;2*1H3;2*1H;1H2;. The van der Waals surface area contributed by atoms with Gasteiger partial charge in [0.05, 0.1) is 0 Å². The molecular weight excluding hydrogens is 435 g/mol. The topological polar surface area (TPSA) is 0 Å². The van der Waals surface area contributed by atoms with Gasteiger partial charge in [0.1, 0.15) is 0 Å². The van der Waals surface area contributed by atoms with Gasteiger partial charge in [-0.15, -0.1) is 24.8 Å². The Labute approximate surface area is 190 Å². The largest absolute Gasteiger partial charge is 0.147 e.